The number of rotatable bonds is 8. The lowest BCUT2D eigenvalue weighted by atomic mass is 10.1. The highest BCUT2D eigenvalue weighted by atomic mass is 32.1. The molecule has 9 nitrogen and oxygen atoms in total. The van der Waals surface area contributed by atoms with Crippen molar-refractivity contribution >= 4 is 34.3 Å². The van der Waals surface area contributed by atoms with Crippen LogP contribution in [0.1, 0.15) is 41.5 Å². The van der Waals surface area contributed by atoms with E-state index < -0.39 is 11.1 Å². The molecule has 0 aliphatic rings. The highest BCUT2D eigenvalue weighted by Gasteiger charge is 2.22. The first-order chi connectivity index (χ1) is 15.3. The second-order valence-corrected chi connectivity index (χ2v) is 8.37. The molecule has 0 unspecified atom stereocenters. The van der Waals surface area contributed by atoms with Crippen molar-refractivity contribution in [2.75, 3.05) is 24.7 Å². The highest BCUT2D eigenvalue weighted by molar-refractivity contribution is 7.10. The van der Waals surface area contributed by atoms with Gasteiger partial charge < -0.3 is 20.6 Å². The van der Waals surface area contributed by atoms with Crippen LogP contribution in [0.5, 0.6) is 5.75 Å². The number of nitrogens with one attached hydrogen (secondary N) is 3. The molecule has 0 radical (unpaired) electrons. The maximum Gasteiger partial charge on any atom is 0.291 e. The van der Waals surface area contributed by atoms with E-state index in [2.05, 4.69) is 15.7 Å². The van der Waals surface area contributed by atoms with Gasteiger partial charge in [-0.05, 0) is 36.9 Å². The zero-order chi connectivity index (χ0) is 23.4. The Labute approximate surface area is 189 Å². The van der Waals surface area contributed by atoms with Crippen LogP contribution in [-0.4, -0.2) is 39.8 Å². The Morgan fingerprint density at radius 3 is 2.53 bits per heavy atom. The highest BCUT2D eigenvalue weighted by Crippen LogP contribution is 2.33. The number of aromatic nitrogens is 2. The van der Waals surface area contributed by atoms with Crippen LogP contribution in [0, 0.1) is 0 Å². The van der Waals surface area contributed by atoms with Crippen molar-refractivity contribution in [1.82, 2.24) is 14.7 Å². The molecule has 0 aliphatic carbocycles. The van der Waals surface area contributed by atoms with Crippen LogP contribution >= 0.6 is 11.3 Å². The van der Waals surface area contributed by atoms with Crippen molar-refractivity contribution in [2.24, 2.45) is 0 Å². The van der Waals surface area contributed by atoms with Crippen LogP contribution in [0.15, 0.2) is 45.3 Å². The van der Waals surface area contributed by atoms with Crippen LogP contribution in [0.2, 0.25) is 0 Å². The number of aryl methyl sites for hydroxylation is 1. The minimum absolute atomic E-state index is 0.00430. The molecule has 0 bridgehead atoms. The molecule has 2 heterocycles. The lowest BCUT2D eigenvalue weighted by Gasteiger charge is -2.20. The Balaban J connectivity index is 2.11. The Bertz CT molecular complexity index is 1210. The van der Waals surface area contributed by atoms with Gasteiger partial charge in [-0.25, -0.2) is 4.68 Å². The van der Waals surface area contributed by atoms with Gasteiger partial charge in [0.2, 0.25) is 0 Å². The van der Waals surface area contributed by atoms with Gasteiger partial charge in [-0.3, -0.25) is 19.5 Å². The molecule has 3 aromatic rings. The van der Waals surface area contributed by atoms with Gasteiger partial charge >= 0.3 is 0 Å². The number of carbonyl (C=O) groups excluding carboxylic acids is 1. The maximum absolute atomic E-state index is 13.1. The van der Waals surface area contributed by atoms with Crippen LogP contribution in [0.4, 0.5) is 17.1 Å². The summed E-state index contributed by atoms with van der Waals surface area (Å²) in [6, 6.07) is 8.34. The van der Waals surface area contributed by atoms with Gasteiger partial charge in [-0.15, -0.1) is 11.3 Å². The van der Waals surface area contributed by atoms with E-state index in [1.54, 1.807) is 44.5 Å². The van der Waals surface area contributed by atoms with Crippen molar-refractivity contribution in [1.29, 1.82) is 0 Å². The molecule has 0 fully saturated rings. The number of benzene rings is 1. The van der Waals surface area contributed by atoms with Crippen molar-refractivity contribution in [3.63, 3.8) is 0 Å². The molecule has 1 atom stereocenters. The van der Waals surface area contributed by atoms with E-state index in [1.807, 2.05) is 24.4 Å². The number of thiophene rings is 1. The Morgan fingerprint density at radius 1 is 1.19 bits per heavy atom. The molecule has 1 amide bonds. The zero-order valence-electron chi connectivity index (χ0n) is 18.4. The fourth-order valence-corrected chi connectivity index (χ4v) is 4.15. The third-order valence-corrected chi connectivity index (χ3v) is 6.02. The van der Waals surface area contributed by atoms with Crippen molar-refractivity contribution in [3.05, 3.63) is 66.9 Å². The van der Waals surface area contributed by atoms with Gasteiger partial charge in [-0.2, -0.15) is 0 Å². The van der Waals surface area contributed by atoms with Crippen LogP contribution in [0.25, 0.3) is 0 Å². The number of hydrogen-bond acceptors (Lipinski definition) is 7. The quantitative estimate of drug-likeness (QED) is 0.385. The zero-order valence-corrected chi connectivity index (χ0v) is 19.2. The van der Waals surface area contributed by atoms with Crippen LogP contribution < -0.4 is 21.8 Å². The van der Waals surface area contributed by atoms with Crippen molar-refractivity contribution < 1.29 is 9.90 Å². The number of hydrogen-bond donors (Lipinski definition) is 4. The van der Waals surface area contributed by atoms with E-state index in [1.165, 1.54) is 15.6 Å². The summed E-state index contributed by atoms with van der Waals surface area (Å²) in [6.07, 6.45) is 0.689. The van der Waals surface area contributed by atoms with E-state index in [4.69, 9.17) is 0 Å². The SMILES string of the molecule is CC[C@@H](Nc1c(Nc2cccc(C(=O)N(C)C)c2O)c(=O)n(CC)[nH]c1=O)c1cccs1. The minimum atomic E-state index is -0.469. The van der Waals surface area contributed by atoms with Gasteiger partial charge in [0.05, 0.1) is 17.3 Å². The average molecular weight is 458 g/mol. The number of phenols is 1. The molecule has 2 aromatic heterocycles. The first-order valence-corrected chi connectivity index (χ1v) is 11.1. The van der Waals surface area contributed by atoms with Crippen LogP contribution in [-0.2, 0) is 6.54 Å². The number of phenolic OH excluding ortho intramolecular Hbond substituents is 1. The molecule has 4 N–H and O–H groups in total. The number of aromatic hydroxyl groups is 1. The molecular weight excluding hydrogens is 430 g/mol. The molecule has 1 aromatic carbocycles. The number of H-pyrrole nitrogens is 1. The molecule has 0 saturated heterocycles. The number of para-hydroxylation sites is 1. The summed E-state index contributed by atoms with van der Waals surface area (Å²) in [5.74, 6) is -0.685. The Morgan fingerprint density at radius 2 is 1.94 bits per heavy atom. The second-order valence-electron chi connectivity index (χ2n) is 7.39. The summed E-state index contributed by atoms with van der Waals surface area (Å²) in [5, 5.41) is 21.3. The third kappa shape index (κ3) is 4.54. The first-order valence-electron chi connectivity index (χ1n) is 10.3. The van der Waals surface area contributed by atoms with Crippen molar-refractivity contribution in [2.45, 2.75) is 32.9 Å². The average Bonchev–Trinajstić information content (AvgIpc) is 3.31. The standard InChI is InChI=1S/C22H27N5O4S/c1-5-14(16-11-8-12-32-16)23-17-18(22(31)27(6-2)25-20(17)29)24-15-10-7-9-13(19(15)28)21(30)26(3)4/h7-12,14,23-24,28H,5-6H2,1-4H3,(H,25,29)/t14-/m1/s1. The molecular formula is C22H27N5O4S. The monoisotopic (exact) mass is 457 g/mol. The Hall–Kier alpha value is -3.53. The van der Waals surface area contributed by atoms with Gasteiger partial charge in [-0.1, -0.05) is 19.1 Å². The summed E-state index contributed by atoms with van der Waals surface area (Å²) in [4.78, 5) is 40.8. The van der Waals surface area contributed by atoms with Gasteiger partial charge in [0.1, 0.15) is 11.4 Å². The smallest absolute Gasteiger partial charge is 0.291 e. The molecule has 32 heavy (non-hydrogen) atoms. The fourth-order valence-electron chi connectivity index (χ4n) is 3.29. The maximum atomic E-state index is 13.1. The van der Waals surface area contributed by atoms with E-state index >= 15 is 0 Å². The first kappa shape index (κ1) is 23.1. The lowest BCUT2D eigenvalue weighted by Crippen LogP contribution is -2.33. The topological polar surface area (TPSA) is 119 Å². The molecule has 0 spiro atoms. The molecule has 3 rings (SSSR count). The summed E-state index contributed by atoms with van der Waals surface area (Å²) < 4.78 is 1.19. The van der Waals surface area contributed by atoms with E-state index in [0.717, 1.165) is 4.88 Å². The lowest BCUT2D eigenvalue weighted by molar-refractivity contribution is 0.0824. The fraction of sp³-hybridized carbons (Fsp3) is 0.318. The molecule has 170 valence electrons. The normalized spacial score (nSPS) is 11.8. The molecule has 0 aliphatic heterocycles. The van der Waals surface area contributed by atoms with Gasteiger partial charge in [0.15, 0.2) is 5.75 Å². The van der Waals surface area contributed by atoms with E-state index in [0.29, 0.717) is 6.42 Å². The summed E-state index contributed by atoms with van der Waals surface area (Å²) in [7, 11) is 3.16. The third-order valence-electron chi connectivity index (χ3n) is 5.03. The largest absolute Gasteiger partial charge is 0.505 e. The number of nitrogens with zero attached hydrogens (tertiary/aromatic N) is 2. The summed E-state index contributed by atoms with van der Waals surface area (Å²) >= 11 is 1.55. The van der Waals surface area contributed by atoms with E-state index in [9.17, 15) is 19.5 Å². The second kappa shape index (κ2) is 9.73. The predicted octanol–water partition coefficient (Wildman–Crippen LogP) is 3.33. The van der Waals surface area contributed by atoms with E-state index in [-0.39, 0.29) is 46.9 Å². The van der Waals surface area contributed by atoms with Crippen LogP contribution in [0.3, 0.4) is 0 Å². The summed E-state index contributed by atoms with van der Waals surface area (Å²) in [5.41, 5.74) is -0.627. The molecule has 0 saturated carbocycles. The number of amides is 1. The van der Waals surface area contributed by atoms with Gasteiger partial charge in [0, 0.05) is 25.5 Å². The number of aromatic amines is 1. The number of anilines is 3. The predicted molar refractivity (Wildman–Crippen MR) is 127 cm³/mol. The Kier molecular flexibility index (Phi) is 7.04. The number of carbonyl (C=O) groups is 1. The minimum Gasteiger partial charge on any atom is -0.505 e. The molecule has 10 heteroatoms. The summed E-state index contributed by atoms with van der Waals surface area (Å²) in [6.45, 7) is 3.98. The van der Waals surface area contributed by atoms with Gasteiger partial charge in [0.25, 0.3) is 17.0 Å². The van der Waals surface area contributed by atoms with Crippen molar-refractivity contribution in [3.8, 4) is 5.75 Å².